The number of carbonyl (C=O) groups is 1. The van der Waals surface area contributed by atoms with Crippen LogP contribution < -0.4 is 10.1 Å². The normalized spacial score (nSPS) is 11.6. The standard InChI is InChI=1S/C22H20BrNO2/c1-26-20-13-7-16(8-14-20)21(24-19-11-9-18(23)10-12-19)15-22(25)17-5-3-2-4-6-17/h2-14,21,24H,15H2,1H3/t21-/m0/s1. The molecule has 0 saturated heterocycles. The smallest absolute Gasteiger partial charge is 0.165 e. The predicted octanol–water partition coefficient (Wildman–Crippen LogP) is 5.88. The molecule has 0 bridgehead atoms. The molecular weight excluding hydrogens is 390 g/mol. The third-order valence-corrected chi connectivity index (χ3v) is 4.72. The molecule has 3 aromatic carbocycles. The Morgan fingerprint density at radius 3 is 2.23 bits per heavy atom. The fourth-order valence-electron chi connectivity index (χ4n) is 2.76. The molecule has 3 rings (SSSR count). The van der Waals surface area contributed by atoms with Crippen molar-refractivity contribution in [3.8, 4) is 5.75 Å². The first-order valence-corrected chi connectivity index (χ1v) is 9.19. The maximum Gasteiger partial charge on any atom is 0.165 e. The Bertz CT molecular complexity index is 846. The summed E-state index contributed by atoms with van der Waals surface area (Å²) in [7, 11) is 1.64. The lowest BCUT2D eigenvalue weighted by molar-refractivity contribution is 0.0976. The molecule has 0 amide bonds. The molecule has 0 unspecified atom stereocenters. The maximum atomic E-state index is 12.7. The van der Waals surface area contributed by atoms with Gasteiger partial charge in [-0.2, -0.15) is 0 Å². The van der Waals surface area contributed by atoms with Crippen LogP contribution in [0.4, 0.5) is 5.69 Å². The highest BCUT2D eigenvalue weighted by molar-refractivity contribution is 9.10. The summed E-state index contributed by atoms with van der Waals surface area (Å²) < 4.78 is 6.26. The van der Waals surface area contributed by atoms with Crippen molar-refractivity contribution in [2.75, 3.05) is 12.4 Å². The van der Waals surface area contributed by atoms with Gasteiger partial charge in [0.25, 0.3) is 0 Å². The van der Waals surface area contributed by atoms with Crippen LogP contribution in [0.5, 0.6) is 5.75 Å². The summed E-state index contributed by atoms with van der Waals surface area (Å²) in [6.45, 7) is 0. The summed E-state index contributed by atoms with van der Waals surface area (Å²) in [4.78, 5) is 12.7. The number of carbonyl (C=O) groups excluding carboxylic acids is 1. The van der Waals surface area contributed by atoms with Gasteiger partial charge >= 0.3 is 0 Å². The van der Waals surface area contributed by atoms with E-state index in [4.69, 9.17) is 4.74 Å². The Balaban J connectivity index is 1.84. The highest BCUT2D eigenvalue weighted by Crippen LogP contribution is 2.27. The Morgan fingerprint density at radius 1 is 0.962 bits per heavy atom. The second kappa shape index (κ2) is 8.68. The topological polar surface area (TPSA) is 38.3 Å². The van der Waals surface area contributed by atoms with Crippen molar-refractivity contribution in [3.05, 3.63) is 94.5 Å². The van der Waals surface area contributed by atoms with Gasteiger partial charge in [0.1, 0.15) is 5.75 Å². The molecule has 26 heavy (non-hydrogen) atoms. The van der Waals surface area contributed by atoms with Gasteiger partial charge in [0, 0.05) is 22.1 Å². The number of hydrogen-bond acceptors (Lipinski definition) is 3. The first-order chi connectivity index (χ1) is 12.7. The summed E-state index contributed by atoms with van der Waals surface area (Å²) in [5.74, 6) is 0.904. The van der Waals surface area contributed by atoms with Crippen molar-refractivity contribution >= 4 is 27.4 Å². The molecule has 0 radical (unpaired) electrons. The van der Waals surface area contributed by atoms with Crippen molar-refractivity contribution < 1.29 is 9.53 Å². The van der Waals surface area contributed by atoms with Gasteiger partial charge < -0.3 is 10.1 Å². The third kappa shape index (κ3) is 4.73. The average molecular weight is 410 g/mol. The van der Waals surface area contributed by atoms with Crippen LogP contribution in [0.1, 0.15) is 28.4 Å². The maximum absolute atomic E-state index is 12.7. The monoisotopic (exact) mass is 409 g/mol. The molecule has 0 fully saturated rings. The van der Waals surface area contributed by atoms with E-state index < -0.39 is 0 Å². The van der Waals surface area contributed by atoms with Crippen molar-refractivity contribution in [1.82, 2.24) is 0 Å². The van der Waals surface area contributed by atoms with E-state index in [0.29, 0.717) is 6.42 Å². The van der Waals surface area contributed by atoms with Crippen LogP contribution in [0.15, 0.2) is 83.3 Å². The van der Waals surface area contributed by atoms with Crippen molar-refractivity contribution in [1.29, 1.82) is 0 Å². The van der Waals surface area contributed by atoms with E-state index in [-0.39, 0.29) is 11.8 Å². The molecule has 4 heteroatoms. The zero-order chi connectivity index (χ0) is 18.4. The minimum Gasteiger partial charge on any atom is -0.497 e. The van der Waals surface area contributed by atoms with Crippen LogP contribution >= 0.6 is 15.9 Å². The zero-order valence-corrected chi connectivity index (χ0v) is 16.1. The summed E-state index contributed by atoms with van der Waals surface area (Å²) in [5, 5.41) is 3.48. The quantitative estimate of drug-likeness (QED) is 0.494. The fraction of sp³-hybridized carbons (Fsp3) is 0.136. The number of ether oxygens (including phenoxy) is 1. The Hall–Kier alpha value is -2.59. The SMILES string of the molecule is COc1ccc([C@H](CC(=O)c2ccccc2)Nc2ccc(Br)cc2)cc1. The number of Topliss-reactive ketones (excluding diaryl/α,β-unsaturated/α-hetero) is 1. The molecule has 3 aromatic rings. The molecular formula is C22H20BrNO2. The summed E-state index contributed by atoms with van der Waals surface area (Å²) in [6, 6.07) is 25.0. The van der Waals surface area contributed by atoms with E-state index in [1.165, 1.54) is 0 Å². The molecule has 3 nitrogen and oxygen atoms in total. The van der Waals surface area contributed by atoms with E-state index in [1.807, 2.05) is 78.9 Å². The van der Waals surface area contributed by atoms with E-state index >= 15 is 0 Å². The van der Waals surface area contributed by atoms with Crippen molar-refractivity contribution in [2.24, 2.45) is 0 Å². The van der Waals surface area contributed by atoms with E-state index in [2.05, 4.69) is 21.2 Å². The van der Waals surface area contributed by atoms with E-state index in [1.54, 1.807) is 7.11 Å². The van der Waals surface area contributed by atoms with E-state index in [9.17, 15) is 4.79 Å². The molecule has 0 aliphatic rings. The van der Waals surface area contributed by atoms with Gasteiger partial charge in [-0.25, -0.2) is 0 Å². The second-order valence-electron chi connectivity index (χ2n) is 5.97. The number of anilines is 1. The number of methoxy groups -OCH3 is 1. The van der Waals surface area contributed by atoms with Gasteiger partial charge in [0.15, 0.2) is 5.78 Å². The predicted molar refractivity (Wildman–Crippen MR) is 109 cm³/mol. The van der Waals surface area contributed by atoms with Gasteiger partial charge in [0.2, 0.25) is 0 Å². The fourth-order valence-corrected chi connectivity index (χ4v) is 3.03. The molecule has 132 valence electrons. The van der Waals surface area contributed by atoms with Gasteiger partial charge in [-0.05, 0) is 42.0 Å². The lowest BCUT2D eigenvalue weighted by Gasteiger charge is -2.20. The van der Waals surface area contributed by atoms with Crippen molar-refractivity contribution in [3.63, 3.8) is 0 Å². The molecule has 1 atom stereocenters. The highest BCUT2D eigenvalue weighted by atomic mass is 79.9. The van der Waals surface area contributed by atoms with Crippen LogP contribution in [-0.2, 0) is 0 Å². The third-order valence-electron chi connectivity index (χ3n) is 4.19. The number of hydrogen-bond donors (Lipinski definition) is 1. The molecule has 0 saturated carbocycles. The van der Waals surface area contributed by atoms with Gasteiger partial charge in [-0.15, -0.1) is 0 Å². The molecule has 0 aliphatic heterocycles. The van der Waals surface area contributed by atoms with Crippen LogP contribution in [0.3, 0.4) is 0 Å². The van der Waals surface area contributed by atoms with Gasteiger partial charge in [0.05, 0.1) is 13.2 Å². The Kier molecular flexibility index (Phi) is 6.08. The average Bonchev–Trinajstić information content (AvgIpc) is 2.70. The summed E-state index contributed by atoms with van der Waals surface area (Å²) in [6.07, 6.45) is 0.367. The molecule has 0 aromatic heterocycles. The van der Waals surface area contributed by atoms with Crippen LogP contribution in [0, 0.1) is 0 Å². The highest BCUT2D eigenvalue weighted by Gasteiger charge is 2.17. The Morgan fingerprint density at radius 2 is 1.62 bits per heavy atom. The first kappa shape index (κ1) is 18.2. The Labute approximate surface area is 162 Å². The van der Waals surface area contributed by atoms with Crippen LogP contribution in [-0.4, -0.2) is 12.9 Å². The minimum absolute atomic E-state index is 0.107. The molecule has 0 spiro atoms. The zero-order valence-electron chi connectivity index (χ0n) is 14.5. The minimum atomic E-state index is -0.130. The van der Waals surface area contributed by atoms with E-state index in [0.717, 1.165) is 27.0 Å². The number of halogens is 1. The number of nitrogens with one attached hydrogen (secondary N) is 1. The van der Waals surface area contributed by atoms with Crippen molar-refractivity contribution in [2.45, 2.75) is 12.5 Å². The number of rotatable bonds is 7. The number of ketones is 1. The summed E-state index contributed by atoms with van der Waals surface area (Å²) in [5.41, 5.74) is 2.73. The molecule has 1 N–H and O–H groups in total. The van der Waals surface area contributed by atoms with Gasteiger partial charge in [-0.1, -0.05) is 58.4 Å². The van der Waals surface area contributed by atoms with Crippen LogP contribution in [0.25, 0.3) is 0 Å². The number of benzene rings is 3. The lowest BCUT2D eigenvalue weighted by atomic mass is 9.97. The summed E-state index contributed by atoms with van der Waals surface area (Å²) >= 11 is 3.45. The lowest BCUT2D eigenvalue weighted by Crippen LogP contribution is -2.15. The largest absolute Gasteiger partial charge is 0.497 e. The van der Waals surface area contributed by atoms with Crippen LogP contribution in [0.2, 0.25) is 0 Å². The first-order valence-electron chi connectivity index (χ1n) is 8.40. The molecule has 0 heterocycles. The molecule has 0 aliphatic carbocycles. The van der Waals surface area contributed by atoms with Gasteiger partial charge in [-0.3, -0.25) is 4.79 Å². The second-order valence-corrected chi connectivity index (χ2v) is 6.89.